The molecular weight excluding hydrogens is 370 g/mol. The third kappa shape index (κ3) is 13.6. The molecule has 0 aliphatic rings. The van der Waals surface area contributed by atoms with Crippen molar-refractivity contribution in [1.29, 1.82) is 0 Å². The van der Waals surface area contributed by atoms with Crippen LogP contribution in [0.25, 0.3) is 0 Å². The maximum Gasteiger partial charge on any atom is 0.407 e. The van der Waals surface area contributed by atoms with Gasteiger partial charge in [0.2, 0.25) is 5.91 Å². The molecule has 0 aromatic heterocycles. The van der Waals surface area contributed by atoms with Gasteiger partial charge in [0, 0.05) is 13.1 Å². The summed E-state index contributed by atoms with van der Waals surface area (Å²) in [4.78, 5) is 45.4. The number of alkyl carbamates (subject to hydrolysis) is 1. The van der Waals surface area contributed by atoms with Crippen molar-refractivity contribution in [2.75, 3.05) is 13.1 Å². The lowest BCUT2D eigenvalue weighted by Crippen LogP contribution is -2.48. The number of carboxylic acids is 1. The van der Waals surface area contributed by atoms with Gasteiger partial charge in [-0.2, -0.15) is 0 Å². The van der Waals surface area contributed by atoms with Gasteiger partial charge in [-0.3, -0.25) is 4.79 Å². The first-order valence-electron chi connectivity index (χ1n) is 9.21. The summed E-state index contributed by atoms with van der Waals surface area (Å²) < 4.78 is 5.09. The van der Waals surface area contributed by atoms with Crippen molar-refractivity contribution in [2.24, 2.45) is 11.5 Å². The van der Waals surface area contributed by atoms with Crippen LogP contribution in [-0.4, -0.2) is 59.9 Å². The molecule has 8 N–H and O–H groups in total. The lowest BCUT2D eigenvalue weighted by molar-refractivity contribution is -0.142. The fourth-order valence-electron chi connectivity index (χ4n) is 2.18. The highest BCUT2D eigenvalue weighted by Crippen LogP contribution is 2.07. The number of hydrogen-bond donors (Lipinski definition) is 6. The van der Waals surface area contributed by atoms with Crippen LogP contribution in [0, 0.1) is 0 Å². The van der Waals surface area contributed by atoms with Crippen molar-refractivity contribution < 1.29 is 29.0 Å². The average Bonchev–Trinajstić information content (AvgIpc) is 2.54. The molecule has 0 saturated carbocycles. The maximum atomic E-state index is 12.0. The second kappa shape index (κ2) is 12.8. The minimum Gasteiger partial charge on any atom is -0.480 e. The van der Waals surface area contributed by atoms with Crippen LogP contribution in [0.2, 0.25) is 0 Å². The number of ether oxygens (including phenoxy) is 1. The molecule has 0 fully saturated rings. The van der Waals surface area contributed by atoms with Crippen molar-refractivity contribution >= 4 is 24.0 Å². The zero-order valence-electron chi connectivity index (χ0n) is 16.7. The van der Waals surface area contributed by atoms with Gasteiger partial charge in [-0.05, 0) is 52.9 Å². The van der Waals surface area contributed by atoms with Gasteiger partial charge in [0.05, 0.1) is 6.04 Å². The minimum absolute atomic E-state index is 0.201. The topological polar surface area (TPSA) is 186 Å². The average molecular weight is 403 g/mol. The first kappa shape index (κ1) is 25.4. The Labute approximate surface area is 164 Å². The molecule has 0 aliphatic heterocycles. The Morgan fingerprint density at radius 2 is 1.61 bits per heavy atom. The predicted molar refractivity (Wildman–Crippen MR) is 102 cm³/mol. The zero-order valence-corrected chi connectivity index (χ0v) is 16.7. The van der Waals surface area contributed by atoms with Gasteiger partial charge in [0.1, 0.15) is 11.6 Å². The summed E-state index contributed by atoms with van der Waals surface area (Å²) in [6, 6.07) is -2.61. The van der Waals surface area contributed by atoms with Crippen molar-refractivity contribution in [3.05, 3.63) is 0 Å². The fraction of sp³-hybridized carbons (Fsp3) is 0.765. The number of hydrogen-bond acceptors (Lipinski definition) is 6. The number of aliphatic carboxylic acids is 1. The van der Waals surface area contributed by atoms with E-state index in [-0.39, 0.29) is 19.4 Å². The van der Waals surface area contributed by atoms with Crippen LogP contribution in [0.4, 0.5) is 9.59 Å². The number of rotatable bonds is 12. The molecule has 0 saturated heterocycles. The van der Waals surface area contributed by atoms with E-state index in [1.807, 2.05) is 0 Å². The van der Waals surface area contributed by atoms with E-state index in [1.54, 1.807) is 20.8 Å². The monoisotopic (exact) mass is 403 g/mol. The van der Waals surface area contributed by atoms with E-state index in [0.29, 0.717) is 25.8 Å². The normalized spacial score (nSPS) is 13.1. The Morgan fingerprint density at radius 1 is 1.00 bits per heavy atom. The van der Waals surface area contributed by atoms with E-state index in [2.05, 4.69) is 16.0 Å². The zero-order chi connectivity index (χ0) is 21.7. The summed E-state index contributed by atoms with van der Waals surface area (Å²) >= 11 is 0. The van der Waals surface area contributed by atoms with Crippen LogP contribution in [0.3, 0.4) is 0 Å². The molecule has 0 heterocycles. The summed E-state index contributed by atoms with van der Waals surface area (Å²) in [5.74, 6) is -1.73. The summed E-state index contributed by atoms with van der Waals surface area (Å²) in [7, 11) is 0. The number of urea groups is 1. The molecule has 4 amide bonds. The molecule has 162 valence electrons. The summed E-state index contributed by atoms with van der Waals surface area (Å²) in [5, 5.41) is 16.6. The van der Waals surface area contributed by atoms with Gasteiger partial charge >= 0.3 is 18.1 Å². The van der Waals surface area contributed by atoms with E-state index < -0.39 is 41.7 Å². The third-order valence-corrected chi connectivity index (χ3v) is 3.53. The SMILES string of the molecule is CC(C)(C)OC(=O)NCCCC[C@H](NC(=O)[C@@H](N)CCCNC(N)=O)C(=O)O. The molecule has 2 atom stereocenters. The molecule has 0 radical (unpaired) electrons. The van der Waals surface area contributed by atoms with Crippen molar-refractivity contribution in [1.82, 2.24) is 16.0 Å². The molecular formula is C17H33N5O6. The van der Waals surface area contributed by atoms with E-state index in [1.165, 1.54) is 0 Å². The number of unbranched alkanes of at least 4 members (excludes halogenated alkanes) is 1. The highest BCUT2D eigenvalue weighted by Gasteiger charge is 2.23. The Bertz CT molecular complexity index is 535. The molecule has 0 aromatic rings. The number of primary amides is 1. The van der Waals surface area contributed by atoms with Crippen molar-refractivity contribution in [2.45, 2.75) is 70.6 Å². The van der Waals surface area contributed by atoms with Gasteiger partial charge in [-0.25, -0.2) is 14.4 Å². The number of nitrogens with one attached hydrogen (secondary N) is 3. The molecule has 0 bridgehead atoms. The summed E-state index contributed by atoms with van der Waals surface area (Å²) in [6.07, 6.45) is 1.39. The van der Waals surface area contributed by atoms with Gasteiger partial charge in [0.25, 0.3) is 0 Å². The molecule has 11 heteroatoms. The van der Waals surface area contributed by atoms with Gasteiger partial charge in [0.15, 0.2) is 0 Å². The Morgan fingerprint density at radius 3 is 2.14 bits per heavy atom. The first-order chi connectivity index (χ1) is 12.9. The Kier molecular flexibility index (Phi) is 11.6. The lowest BCUT2D eigenvalue weighted by Gasteiger charge is -2.20. The van der Waals surface area contributed by atoms with E-state index in [0.717, 1.165) is 0 Å². The quantitative estimate of drug-likeness (QED) is 0.248. The molecule has 0 rings (SSSR count). The maximum absolute atomic E-state index is 12.0. The van der Waals surface area contributed by atoms with Gasteiger partial charge in [-0.15, -0.1) is 0 Å². The Balaban J connectivity index is 4.14. The lowest BCUT2D eigenvalue weighted by atomic mass is 10.1. The third-order valence-electron chi connectivity index (χ3n) is 3.53. The molecule has 0 unspecified atom stereocenters. The number of carbonyl (C=O) groups excluding carboxylic acids is 3. The Hall–Kier alpha value is -2.56. The van der Waals surface area contributed by atoms with E-state index in [9.17, 15) is 24.3 Å². The number of carboxylic acid groups (broad SMARTS) is 1. The van der Waals surface area contributed by atoms with Crippen molar-refractivity contribution in [3.8, 4) is 0 Å². The molecule has 28 heavy (non-hydrogen) atoms. The standard InChI is InChI=1S/C17H33N5O6/c1-17(2,3)28-16(27)21-9-5-4-8-12(14(24)25)22-13(23)11(18)7-6-10-20-15(19)26/h11-12H,4-10,18H2,1-3H3,(H,21,27)(H,22,23)(H,24,25)(H3,19,20,26)/t11-,12-/m0/s1. The van der Waals surface area contributed by atoms with Crippen LogP contribution in [0.15, 0.2) is 0 Å². The predicted octanol–water partition coefficient (Wildman–Crippen LogP) is 0.0266. The van der Waals surface area contributed by atoms with Crippen LogP contribution >= 0.6 is 0 Å². The molecule has 0 spiro atoms. The highest BCUT2D eigenvalue weighted by atomic mass is 16.6. The van der Waals surface area contributed by atoms with Crippen LogP contribution < -0.4 is 27.4 Å². The van der Waals surface area contributed by atoms with E-state index in [4.69, 9.17) is 16.2 Å². The molecule has 11 nitrogen and oxygen atoms in total. The molecule has 0 aromatic carbocycles. The first-order valence-corrected chi connectivity index (χ1v) is 9.21. The highest BCUT2D eigenvalue weighted by molar-refractivity contribution is 5.86. The number of nitrogens with two attached hydrogens (primary N) is 2. The fourth-order valence-corrected chi connectivity index (χ4v) is 2.18. The van der Waals surface area contributed by atoms with Crippen molar-refractivity contribution in [3.63, 3.8) is 0 Å². The second-order valence-corrected chi connectivity index (χ2v) is 7.36. The number of carbonyl (C=O) groups is 4. The van der Waals surface area contributed by atoms with Gasteiger partial charge < -0.3 is 37.3 Å². The summed E-state index contributed by atoms with van der Waals surface area (Å²) in [5.41, 5.74) is 10.1. The summed E-state index contributed by atoms with van der Waals surface area (Å²) in [6.45, 7) is 5.88. The largest absolute Gasteiger partial charge is 0.480 e. The van der Waals surface area contributed by atoms with Crippen LogP contribution in [0.5, 0.6) is 0 Å². The van der Waals surface area contributed by atoms with Crippen LogP contribution in [0.1, 0.15) is 52.9 Å². The second-order valence-electron chi connectivity index (χ2n) is 7.36. The van der Waals surface area contributed by atoms with Crippen LogP contribution in [-0.2, 0) is 14.3 Å². The smallest absolute Gasteiger partial charge is 0.407 e. The van der Waals surface area contributed by atoms with Gasteiger partial charge in [-0.1, -0.05) is 0 Å². The minimum atomic E-state index is -1.16. The molecule has 0 aliphatic carbocycles. The number of amides is 4. The van der Waals surface area contributed by atoms with E-state index >= 15 is 0 Å².